The van der Waals surface area contributed by atoms with Gasteiger partial charge < -0.3 is 15.8 Å². The molecule has 5 nitrogen and oxygen atoms in total. The summed E-state index contributed by atoms with van der Waals surface area (Å²) in [5.74, 6) is 0.423. The highest BCUT2D eigenvalue weighted by molar-refractivity contribution is 5.94. The van der Waals surface area contributed by atoms with E-state index in [1.807, 2.05) is 0 Å². The lowest BCUT2D eigenvalue weighted by Gasteiger charge is -2.10. The van der Waals surface area contributed by atoms with Crippen molar-refractivity contribution in [2.45, 2.75) is 25.8 Å². The van der Waals surface area contributed by atoms with Crippen LogP contribution in [0, 0.1) is 11.3 Å². The van der Waals surface area contributed by atoms with Crippen LogP contribution in [-0.2, 0) is 4.79 Å². The number of unbranched alkanes of at least 4 members (excludes halogenated alkanes) is 1. The number of anilines is 1. The van der Waals surface area contributed by atoms with Crippen LogP contribution in [0.3, 0.4) is 0 Å². The SMILES string of the molecule is C[C@@H](N)C(=O)Nc1cccc(OCCCC#N)c1. The van der Waals surface area contributed by atoms with E-state index in [9.17, 15) is 4.79 Å². The van der Waals surface area contributed by atoms with Gasteiger partial charge in [-0.15, -0.1) is 0 Å². The first-order valence-electron chi connectivity index (χ1n) is 5.79. The fourth-order valence-electron chi connectivity index (χ4n) is 1.26. The molecule has 0 spiro atoms. The Bertz CT molecular complexity index is 438. The predicted molar refractivity (Wildman–Crippen MR) is 69.1 cm³/mol. The molecule has 0 unspecified atom stereocenters. The maximum atomic E-state index is 11.4. The summed E-state index contributed by atoms with van der Waals surface area (Å²) >= 11 is 0. The smallest absolute Gasteiger partial charge is 0.241 e. The van der Waals surface area contributed by atoms with E-state index in [1.165, 1.54) is 0 Å². The number of ether oxygens (including phenoxy) is 1. The minimum atomic E-state index is -0.551. The van der Waals surface area contributed by atoms with E-state index in [2.05, 4.69) is 11.4 Å². The number of carbonyl (C=O) groups is 1. The number of nitrogens with one attached hydrogen (secondary N) is 1. The Balaban J connectivity index is 2.52. The average Bonchev–Trinajstić information content (AvgIpc) is 2.35. The quantitative estimate of drug-likeness (QED) is 0.748. The number of benzene rings is 1. The summed E-state index contributed by atoms with van der Waals surface area (Å²) in [5, 5.41) is 11.1. The Labute approximate surface area is 107 Å². The standard InChI is InChI=1S/C13H17N3O2/c1-10(15)13(17)16-11-5-4-6-12(9-11)18-8-3-2-7-14/h4-6,9-10H,2-3,8,15H2,1H3,(H,16,17)/t10-/m1/s1. The molecule has 0 saturated heterocycles. The molecule has 5 heteroatoms. The zero-order valence-corrected chi connectivity index (χ0v) is 10.3. The molecule has 0 saturated carbocycles. The van der Waals surface area contributed by atoms with Gasteiger partial charge in [-0.05, 0) is 25.5 Å². The average molecular weight is 247 g/mol. The number of amides is 1. The summed E-state index contributed by atoms with van der Waals surface area (Å²) in [6.45, 7) is 2.11. The number of hydrogen-bond acceptors (Lipinski definition) is 4. The molecule has 0 radical (unpaired) electrons. The van der Waals surface area contributed by atoms with Crippen LogP contribution in [0.4, 0.5) is 5.69 Å². The summed E-state index contributed by atoms with van der Waals surface area (Å²) in [7, 11) is 0. The first-order valence-corrected chi connectivity index (χ1v) is 5.79. The number of carbonyl (C=O) groups excluding carboxylic acids is 1. The van der Waals surface area contributed by atoms with Crippen molar-refractivity contribution in [3.05, 3.63) is 24.3 Å². The van der Waals surface area contributed by atoms with Gasteiger partial charge in [0, 0.05) is 18.2 Å². The van der Waals surface area contributed by atoms with Gasteiger partial charge in [0.2, 0.25) is 5.91 Å². The van der Waals surface area contributed by atoms with Crippen molar-refractivity contribution in [2.24, 2.45) is 5.73 Å². The van der Waals surface area contributed by atoms with Crippen LogP contribution in [0.5, 0.6) is 5.75 Å². The Hall–Kier alpha value is -2.06. The fraction of sp³-hybridized carbons (Fsp3) is 0.385. The molecule has 96 valence electrons. The number of rotatable bonds is 6. The van der Waals surface area contributed by atoms with Crippen LogP contribution < -0.4 is 15.8 Å². The Morgan fingerprint density at radius 2 is 2.39 bits per heavy atom. The molecule has 3 N–H and O–H groups in total. The molecule has 1 aromatic carbocycles. The second-order valence-electron chi connectivity index (χ2n) is 3.92. The predicted octanol–water partition coefficient (Wildman–Crippen LogP) is 1.65. The van der Waals surface area contributed by atoms with Gasteiger partial charge in [0.05, 0.1) is 18.7 Å². The van der Waals surface area contributed by atoms with E-state index < -0.39 is 6.04 Å². The van der Waals surface area contributed by atoms with Crippen molar-refractivity contribution in [1.82, 2.24) is 0 Å². The van der Waals surface area contributed by atoms with E-state index >= 15 is 0 Å². The van der Waals surface area contributed by atoms with Crippen molar-refractivity contribution in [3.8, 4) is 11.8 Å². The van der Waals surface area contributed by atoms with Gasteiger partial charge in [-0.2, -0.15) is 5.26 Å². The van der Waals surface area contributed by atoms with Crippen LogP contribution in [-0.4, -0.2) is 18.6 Å². The van der Waals surface area contributed by atoms with E-state index in [1.54, 1.807) is 31.2 Å². The van der Waals surface area contributed by atoms with Crippen molar-refractivity contribution >= 4 is 11.6 Å². The molecule has 0 heterocycles. The largest absolute Gasteiger partial charge is 0.493 e. The van der Waals surface area contributed by atoms with E-state index in [-0.39, 0.29) is 5.91 Å². The van der Waals surface area contributed by atoms with Crippen molar-refractivity contribution in [2.75, 3.05) is 11.9 Å². The zero-order valence-electron chi connectivity index (χ0n) is 10.3. The topological polar surface area (TPSA) is 88.1 Å². The first kappa shape index (κ1) is 14.0. The third-order valence-electron chi connectivity index (χ3n) is 2.22. The molecule has 1 atom stereocenters. The van der Waals surface area contributed by atoms with Gasteiger partial charge in [0.1, 0.15) is 5.75 Å². The number of hydrogen-bond donors (Lipinski definition) is 2. The van der Waals surface area contributed by atoms with E-state index in [4.69, 9.17) is 15.7 Å². The van der Waals surface area contributed by atoms with Gasteiger partial charge in [0.15, 0.2) is 0 Å². The summed E-state index contributed by atoms with van der Waals surface area (Å²) in [6.07, 6.45) is 1.16. The third-order valence-corrected chi connectivity index (χ3v) is 2.22. The zero-order chi connectivity index (χ0) is 13.4. The highest BCUT2D eigenvalue weighted by Crippen LogP contribution is 2.17. The van der Waals surface area contributed by atoms with Crippen molar-refractivity contribution in [1.29, 1.82) is 5.26 Å². The lowest BCUT2D eigenvalue weighted by molar-refractivity contribution is -0.117. The number of nitriles is 1. The Kier molecular flexibility index (Phi) is 5.68. The summed E-state index contributed by atoms with van der Waals surface area (Å²) in [4.78, 5) is 11.4. The second-order valence-corrected chi connectivity index (χ2v) is 3.92. The molecule has 1 aromatic rings. The van der Waals surface area contributed by atoms with Crippen molar-refractivity contribution < 1.29 is 9.53 Å². The minimum Gasteiger partial charge on any atom is -0.493 e. The number of nitrogens with two attached hydrogens (primary N) is 1. The lowest BCUT2D eigenvalue weighted by atomic mass is 10.2. The molecule has 18 heavy (non-hydrogen) atoms. The number of nitrogens with zero attached hydrogens (tertiary/aromatic N) is 1. The van der Waals surface area contributed by atoms with Crippen LogP contribution in [0.1, 0.15) is 19.8 Å². The Morgan fingerprint density at radius 3 is 3.06 bits per heavy atom. The molecular formula is C13H17N3O2. The van der Waals surface area contributed by atoms with Crippen LogP contribution in [0.15, 0.2) is 24.3 Å². The highest BCUT2D eigenvalue weighted by Gasteiger charge is 2.07. The molecule has 0 aromatic heterocycles. The molecule has 0 aliphatic heterocycles. The Morgan fingerprint density at radius 1 is 1.61 bits per heavy atom. The van der Waals surface area contributed by atoms with Gasteiger partial charge in [-0.25, -0.2) is 0 Å². The van der Waals surface area contributed by atoms with Gasteiger partial charge in [0.25, 0.3) is 0 Å². The van der Waals surface area contributed by atoms with Gasteiger partial charge in [-0.3, -0.25) is 4.79 Å². The summed E-state index contributed by atoms with van der Waals surface area (Å²) in [5.41, 5.74) is 6.11. The maximum Gasteiger partial charge on any atom is 0.241 e. The maximum absolute atomic E-state index is 11.4. The van der Waals surface area contributed by atoms with E-state index in [0.29, 0.717) is 30.9 Å². The van der Waals surface area contributed by atoms with E-state index in [0.717, 1.165) is 0 Å². The second kappa shape index (κ2) is 7.30. The fourth-order valence-corrected chi connectivity index (χ4v) is 1.26. The highest BCUT2D eigenvalue weighted by atomic mass is 16.5. The van der Waals surface area contributed by atoms with Crippen LogP contribution in [0.25, 0.3) is 0 Å². The first-order chi connectivity index (χ1) is 8.63. The molecule has 0 fully saturated rings. The van der Waals surface area contributed by atoms with Gasteiger partial charge in [-0.1, -0.05) is 6.07 Å². The lowest BCUT2D eigenvalue weighted by Crippen LogP contribution is -2.32. The minimum absolute atomic E-state index is 0.239. The molecule has 1 rings (SSSR count). The third kappa shape index (κ3) is 4.85. The monoisotopic (exact) mass is 247 g/mol. The molecular weight excluding hydrogens is 230 g/mol. The molecule has 0 aliphatic carbocycles. The van der Waals surface area contributed by atoms with Crippen LogP contribution in [0.2, 0.25) is 0 Å². The van der Waals surface area contributed by atoms with Crippen molar-refractivity contribution in [3.63, 3.8) is 0 Å². The summed E-state index contributed by atoms with van der Waals surface area (Å²) in [6, 6.07) is 8.59. The molecule has 0 bridgehead atoms. The van der Waals surface area contributed by atoms with Gasteiger partial charge >= 0.3 is 0 Å². The normalized spacial score (nSPS) is 11.4. The summed E-state index contributed by atoms with van der Waals surface area (Å²) < 4.78 is 5.46. The molecule has 0 aliphatic rings. The van der Waals surface area contributed by atoms with Crippen LogP contribution >= 0.6 is 0 Å². The molecule has 1 amide bonds.